The highest BCUT2D eigenvalue weighted by Crippen LogP contribution is 2.39. The van der Waals surface area contributed by atoms with E-state index in [1.165, 1.54) is 0 Å². The molecule has 0 saturated heterocycles. The highest BCUT2D eigenvalue weighted by molar-refractivity contribution is 5.98. The SMILES string of the molecule is O=C(O)C1CC1C(=O)Nc1cc(F)c(F)c(F)c1. The van der Waals surface area contributed by atoms with Crippen molar-refractivity contribution in [2.75, 3.05) is 5.32 Å². The summed E-state index contributed by atoms with van der Waals surface area (Å²) in [5, 5.41) is 10.8. The molecule has 18 heavy (non-hydrogen) atoms. The van der Waals surface area contributed by atoms with Crippen molar-refractivity contribution in [2.24, 2.45) is 11.8 Å². The lowest BCUT2D eigenvalue weighted by Gasteiger charge is -2.05. The quantitative estimate of drug-likeness (QED) is 0.813. The number of anilines is 1. The molecule has 1 aromatic rings. The van der Waals surface area contributed by atoms with E-state index < -0.39 is 41.2 Å². The van der Waals surface area contributed by atoms with Gasteiger partial charge in [0.1, 0.15) is 0 Å². The van der Waals surface area contributed by atoms with Crippen molar-refractivity contribution in [1.29, 1.82) is 0 Å². The van der Waals surface area contributed by atoms with Crippen LogP contribution in [-0.4, -0.2) is 17.0 Å². The van der Waals surface area contributed by atoms with Gasteiger partial charge in [0.2, 0.25) is 5.91 Å². The van der Waals surface area contributed by atoms with Crippen LogP contribution >= 0.6 is 0 Å². The molecule has 2 rings (SSSR count). The lowest BCUT2D eigenvalue weighted by Crippen LogP contribution is -2.17. The lowest BCUT2D eigenvalue weighted by molar-refractivity contribution is -0.139. The van der Waals surface area contributed by atoms with Gasteiger partial charge in [0.05, 0.1) is 11.8 Å². The number of carboxylic acid groups (broad SMARTS) is 1. The first kappa shape index (κ1) is 12.4. The lowest BCUT2D eigenvalue weighted by atomic mass is 10.2. The van der Waals surface area contributed by atoms with Crippen molar-refractivity contribution in [3.8, 4) is 0 Å². The smallest absolute Gasteiger partial charge is 0.307 e. The highest BCUT2D eigenvalue weighted by atomic mass is 19.2. The number of carbonyl (C=O) groups excluding carboxylic acids is 1. The second-order valence-corrected chi connectivity index (χ2v) is 4.03. The van der Waals surface area contributed by atoms with Crippen LogP contribution in [0.1, 0.15) is 6.42 Å². The van der Waals surface area contributed by atoms with Gasteiger partial charge in [0.15, 0.2) is 17.5 Å². The highest BCUT2D eigenvalue weighted by Gasteiger charge is 2.48. The van der Waals surface area contributed by atoms with Crippen LogP contribution in [-0.2, 0) is 9.59 Å². The van der Waals surface area contributed by atoms with Crippen LogP contribution in [0.25, 0.3) is 0 Å². The maximum Gasteiger partial charge on any atom is 0.307 e. The van der Waals surface area contributed by atoms with E-state index in [-0.39, 0.29) is 12.1 Å². The fraction of sp³-hybridized carbons (Fsp3) is 0.273. The molecule has 1 amide bonds. The molecule has 1 aliphatic carbocycles. The summed E-state index contributed by atoms with van der Waals surface area (Å²) in [7, 11) is 0. The zero-order valence-electron chi connectivity index (χ0n) is 8.91. The van der Waals surface area contributed by atoms with Crippen LogP contribution in [0.2, 0.25) is 0 Å². The van der Waals surface area contributed by atoms with E-state index in [1.54, 1.807) is 0 Å². The monoisotopic (exact) mass is 259 g/mol. The summed E-state index contributed by atoms with van der Waals surface area (Å²) in [6, 6.07) is 1.27. The van der Waals surface area contributed by atoms with Crippen LogP contribution in [0.15, 0.2) is 12.1 Å². The van der Waals surface area contributed by atoms with Gasteiger partial charge in [-0.3, -0.25) is 9.59 Å². The number of hydrogen-bond acceptors (Lipinski definition) is 2. The molecule has 96 valence electrons. The zero-order chi connectivity index (χ0) is 13.4. The van der Waals surface area contributed by atoms with Crippen molar-refractivity contribution < 1.29 is 27.9 Å². The first-order valence-corrected chi connectivity index (χ1v) is 5.08. The number of hydrogen-bond donors (Lipinski definition) is 2. The third-order valence-corrected chi connectivity index (χ3v) is 2.70. The fourth-order valence-corrected chi connectivity index (χ4v) is 1.62. The summed E-state index contributed by atoms with van der Waals surface area (Å²) in [6.45, 7) is 0. The molecule has 2 atom stereocenters. The molecule has 1 aliphatic rings. The van der Waals surface area contributed by atoms with E-state index in [1.807, 2.05) is 0 Å². The Morgan fingerprint density at radius 1 is 1.17 bits per heavy atom. The predicted octanol–water partition coefficient (Wildman–Crippen LogP) is 1.76. The van der Waals surface area contributed by atoms with E-state index >= 15 is 0 Å². The van der Waals surface area contributed by atoms with Gasteiger partial charge in [0.25, 0.3) is 0 Å². The molecule has 0 aliphatic heterocycles. The van der Waals surface area contributed by atoms with Crippen molar-refractivity contribution in [2.45, 2.75) is 6.42 Å². The molecule has 0 spiro atoms. The number of aliphatic carboxylic acids is 1. The van der Waals surface area contributed by atoms with Gasteiger partial charge < -0.3 is 10.4 Å². The van der Waals surface area contributed by atoms with E-state index in [0.29, 0.717) is 12.1 Å². The van der Waals surface area contributed by atoms with E-state index in [9.17, 15) is 22.8 Å². The first-order valence-electron chi connectivity index (χ1n) is 5.08. The van der Waals surface area contributed by atoms with Crippen molar-refractivity contribution in [3.05, 3.63) is 29.6 Å². The molecule has 1 fully saturated rings. The molecule has 2 N–H and O–H groups in total. The minimum Gasteiger partial charge on any atom is -0.481 e. The molecular formula is C11H8F3NO3. The number of amides is 1. The van der Waals surface area contributed by atoms with Crippen LogP contribution in [0, 0.1) is 29.3 Å². The summed E-state index contributed by atoms with van der Waals surface area (Å²) in [4.78, 5) is 22.0. The van der Waals surface area contributed by atoms with Gasteiger partial charge in [-0.2, -0.15) is 0 Å². The van der Waals surface area contributed by atoms with Crippen molar-refractivity contribution in [3.63, 3.8) is 0 Å². The third-order valence-electron chi connectivity index (χ3n) is 2.70. The summed E-state index contributed by atoms with van der Waals surface area (Å²) < 4.78 is 38.3. The van der Waals surface area contributed by atoms with Crippen LogP contribution in [0.5, 0.6) is 0 Å². The second kappa shape index (κ2) is 4.32. The summed E-state index contributed by atoms with van der Waals surface area (Å²) >= 11 is 0. The zero-order valence-corrected chi connectivity index (χ0v) is 8.91. The molecule has 0 aromatic heterocycles. The van der Waals surface area contributed by atoms with Crippen molar-refractivity contribution in [1.82, 2.24) is 0 Å². The van der Waals surface area contributed by atoms with E-state index in [0.717, 1.165) is 0 Å². The molecule has 4 nitrogen and oxygen atoms in total. The Morgan fingerprint density at radius 2 is 1.72 bits per heavy atom. The van der Waals surface area contributed by atoms with Crippen molar-refractivity contribution >= 4 is 17.6 Å². The standard InChI is InChI=1S/C11H8F3NO3/c12-7-1-4(2-8(13)9(7)14)15-10(16)5-3-6(5)11(17)18/h1-2,5-6H,3H2,(H,15,16)(H,17,18). The van der Waals surface area contributed by atoms with Crippen LogP contribution in [0.3, 0.4) is 0 Å². The van der Waals surface area contributed by atoms with Gasteiger partial charge in [-0.05, 0) is 6.42 Å². The number of benzene rings is 1. The maximum atomic E-state index is 12.9. The number of carbonyl (C=O) groups is 2. The molecule has 1 saturated carbocycles. The summed E-state index contributed by atoms with van der Waals surface area (Å²) in [6.07, 6.45) is 0.188. The Morgan fingerprint density at radius 3 is 2.17 bits per heavy atom. The molecular weight excluding hydrogens is 251 g/mol. The molecule has 0 bridgehead atoms. The summed E-state index contributed by atoms with van der Waals surface area (Å²) in [5.41, 5.74) is -0.243. The largest absolute Gasteiger partial charge is 0.481 e. The topological polar surface area (TPSA) is 66.4 Å². The molecule has 1 aromatic carbocycles. The maximum absolute atomic E-state index is 12.9. The third kappa shape index (κ3) is 2.29. The van der Waals surface area contributed by atoms with Gasteiger partial charge in [-0.1, -0.05) is 0 Å². The fourth-order valence-electron chi connectivity index (χ4n) is 1.62. The predicted molar refractivity (Wildman–Crippen MR) is 54.2 cm³/mol. The summed E-state index contributed by atoms with van der Waals surface area (Å²) in [5.74, 6) is -7.67. The van der Waals surface area contributed by atoms with Crippen LogP contribution < -0.4 is 5.32 Å². The van der Waals surface area contributed by atoms with Gasteiger partial charge in [-0.15, -0.1) is 0 Å². The average Bonchev–Trinajstić information content (AvgIpc) is 3.05. The Hall–Kier alpha value is -2.05. The normalized spacial score (nSPS) is 21.5. The molecule has 0 radical (unpaired) electrons. The molecule has 0 heterocycles. The minimum atomic E-state index is -1.62. The first-order chi connectivity index (χ1) is 8.40. The van der Waals surface area contributed by atoms with E-state index in [2.05, 4.69) is 5.32 Å². The number of carboxylic acids is 1. The second-order valence-electron chi connectivity index (χ2n) is 4.03. The van der Waals surface area contributed by atoms with E-state index in [4.69, 9.17) is 5.11 Å². The minimum absolute atomic E-state index is 0.188. The number of halogens is 3. The van der Waals surface area contributed by atoms with Gasteiger partial charge >= 0.3 is 5.97 Å². The number of rotatable bonds is 3. The van der Waals surface area contributed by atoms with Crippen LogP contribution in [0.4, 0.5) is 18.9 Å². The Labute approximate surface area is 99.4 Å². The Balaban J connectivity index is 2.07. The van der Waals surface area contributed by atoms with Gasteiger partial charge in [-0.25, -0.2) is 13.2 Å². The Kier molecular flexibility index (Phi) is 2.98. The Bertz CT molecular complexity index is 509. The average molecular weight is 259 g/mol. The molecule has 2 unspecified atom stereocenters. The molecule has 7 heteroatoms. The number of nitrogens with one attached hydrogen (secondary N) is 1. The van der Waals surface area contributed by atoms with Gasteiger partial charge in [0, 0.05) is 17.8 Å².